The molecule has 3 rings (SSSR count). The Morgan fingerprint density at radius 2 is 2.18 bits per heavy atom. The third-order valence-corrected chi connectivity index (χ3v) is 4.72. The number of halogens is 1. The topological polar surface area (TPSA) is 41.6 Å². The minimum atomic E-state index is 0. The first-order valence-corrected chi connectivity index (χ1v) is 7.92. The average molecular weight is 325 g/mol. The minimum absolute atomic E-state index is 0. The lowest BCUT2D eigenvalue weighted by Gasteiger charge is -2.27. The van der Waals surface area contributed by atoms with E-state index in [2.05, 4.69) is 16.3 Å². The van der Waals surface area contributed by atoms with E-state index < -0.39 is 0 Å². The van der Waals surface area contributed by atoms with Crippen molar-refractivity contribution in [2.45, 2.75) is 31.7 Å². The van der Waals surface area contributed by atoms with Crippen LogP contribution in [0.3, 0.4) is 0 Å². The zero-order chi connectivity index (χ0) is 14.7. The van der Waals surface area contributed by atoms with Crippen molar-refractivity contribution in [3.63, 3.8) is 0 Å². The molecule has 122 valence electrons. The molecule has 0 bridgehead atoms. The fourth-order valence-electron chi connectivity index (χ4n) is 3.56. The van der Waals surface area contributed by atoms with Crippen LogP contribution in [0.1, 0.15) is 24.8 Å². The predicted molar refractivity (Wildman–Crippen MR) is 89.7 cm³/mol. The minimum Gasteiger partial charge on any atom is -0.496 e. The number of benzene rings is 1. The van der Waals surface area contributed by atoms with E-state index in [0.717, 1.165) is 51.1 Å². The number of methoxy groups -OCH3 is 1. The molecule has 2 unspecified atom stereocenters. The molecular weight excluding hydrogens is 300 g/mol. The normalized spacial score (nSPS) is 24.1. The molecule has 2 aliphatic rings. The van der Waals surface area contributed by atoms with Crippen LogP contribution in [0.2, 0.25) is 0 Å². The van der Waals surface area contributed by atoms with E-state index >= 15 is 0 Å². The number of likely N-dealkylation sites (tertiary alicyclic amines) is 1. The molecule has 1 N–H and O–H groups in total. The Balaban J connectivity index is 0.00000176. The van der Waals surface area contributed by atoms with E-state index in [0.29, 0.717) is 11.9 Å². The van der Waals surface area contributed by atoms with Gasteiger partial charge in [0.05, 0.1) is 13.0 Å². The maximum atomic E-state index is 12.7. The molecule has 1 amide bonds. The zero-order valence-electron chi connectivity index (χ0n) is 13.1. The molecule has 22 heavy (non-hydrogen) atoms. The monoisotopic (exact) mass is 324 g/mol. The number of nitrogens with one attached hydrogen (secondary N) is 1. The van der Waals surface area contributed by atoms with Crippen molar-refractivity contribution in [2.75, 3.05) is 26.7 Å². The SMILES string of the molecule is COc1ccccc1CC1CCCN1C(=O)C1CCNC1.Cl. The van der Waals surface area contributed by atoms with Gasteiger partial charge in [0.25, 0.3) is 0 Å². The largest absolute Gasteiger partial charge is 0.496 e. The van der Waals surface area contributed by atoms with Gasteiger partial charge >= 0.3 is 0 Å². The van der Waals surface area contributed by atoms with Crippen molar-refractivity contribution < 1.29 is 9.53 Å². The van der Waals surface area contributed by atoms with E-state index in [-0.39, 0.29) is 18.3 Å². The second kappa shape index (κ2) is 7.84. The third-order valence-electron chi connectivity index (χ3n) is 4.72. The highest BCUT2D eigenvalue weighted by molar-refractivity contribution is 5.85. The second-order valence-corrected chi connectivity index (χ2v) is 6.03. The van der Waals surface area contributed by atoms with E-state index in [9.17, 15) is 4.79 Å². The molecule has 2 heterocycles. The summed E-state index contributed by atoms with van der Waals surface area (Å²) >= 11 is 0. The number of carbonyl (C=O) groups excluding carboxylic acids is 1. The summed E-state index contributed by atoms with van der Waals surface area (Å²) in [6.45, 7) is 2.73. The molecule has 4 nitrogen and oxygen atoms in total. The molecule has 1 aromatic carbocycles. The quantitative estimate of drug-likeness (QED) is 0.923. The molecule has 0 radical (unpaired) electrons. The van der Waals surface area contributed by atoms with Crippen molar-refractivity contribution >= 4 is 18.3 Å². The summed E-state index contributed by atoms with van der Waals surface area (Å²) in [5.41, 5.74) is 1.20. The Bertz CT molecular complexity index is 503. The van der Waals surface area contributed by atoms with E-state index in [4.69, 9.17) is 4.74 Å². The molecular formula is C17H25ClN2O2. The third kappa shape index (κ3) is 3.55. The van der Waals surface area contributed by atoms with E-state index in [1.165, 1.54) is 5.56 Å². The second-order valence-electron chi connectivity index (χ2n) is 6.03. The van der Waals surface area contributed by atoms with Gasteiger partial charge < -0.3 is 15.0 Å². The van der Waals surface area contributed by atoms with Crippen molar-refractivity contribution in [1.29, 1.82) is 0 Å². The number of ether oxygens (including phenoxy) is 1. The first-order chi connectivity index (χ1) is 10.3. The van der Waals surface area contributed by atoms with Crippen LogP contribution in [-0.4, -0.2) is 43.6 Å². The number of nitrogens with zero attached hydrogens (tertiary/aromatic N) is 1. The number of rotatable bonds is 4. The zero-order valence-corrected chi connectivity index (χ0v) is 13.9. The average Bonchev–Trinajstić information content (AvgIpc) is 3.18. The molecule has 2 fully saturated rings. The summed E-state index contributed by atoms with van der Waals surface area (Å²) in [6, 6.07) is 8.47. The fourth-order valence-corrected chi connectivity index (χ4v) is 3.56. The molecule has 0 aromatic heterocycles. The summed E-state index contributed by atoms with van der Waals surface area (Å²) in [5.74, 6) is 1.46. The van der Waals surface area contributed by atoms with Crippen LogP contribution in [0.25, 0.3) is 0 Å². The summed E-state index contributed by atoms with van der Waals surface area (Å²) in [4.78, 5) is 14.8. The molecule has 0 spiro atoms. The van der Waals surface area contributed by atoms with Gasteiger partial charge in [-0.3, -0.25) is 4.79 Å². The number of carbonyl (C=O) groups is 1. The van der Waals surface area contributed by atoms with Crippen LogP contribution in [0, 0.1) is 5.92 Å². The highest BCUT2D eigenvalue weighted by atomic mass is 35.5. The van der Waals surface area contributed by atoms with Gasteiger partial charge in [0.15, 0.2) is 0 Å². The molecule has 0 aliphatic carbocycles. The molecule has 2 aliphatic heterocycles. The number of amides is 1. The van der Waals surface area contributed by atoms with Crippen LogP contribution in [0.15, 0.2) is 24.3 Å². The van der Waals surface area contributed by atoms with Gasteiger partial charge in [-0.25, -0.2) is 0 Å². The van der Waals surface area contributed by atoms with Crippen LogP contribution in [-0.2, 0) is 11.2 Å². The number of hydrogen-bond acceptors (Lipinski definition) is 3. The van der Waals surface area contributed by atoms with Crippen molar-refractivity contribution in [1.82, 2.24) is 10.2 Å². The van der Waals surface area contributed by atoms with Crippen LogP contribution in [0.5, 0.6) is 5.75 Å². The standard InChI is InChI=1S/C17H24N2O2.ClH/c1-21-16-7-3-2-5-13(16)11-15-6-4-10-19(15)17(20)14-8-9-18-12-14;/h2-3,5,7,14-15,18H,4,6,8-12H2,1H3;1H. The van der Waals surface area contributed by atoms with Crippen molar-refractivity contribution in [3.8, 4) is 5.75 Å². The van der Waals surface area contributed by atoms with Crippen LogP contribution >= 0.6 is 12.4 Å². The Morgan fingerprint density at radius 3 is 2.91 bits per heavy atom. The van der Waals surface area contributed by atoms with Gasteiger partial charge in [-0.2, -0.15) is 0 Å². The van der Waals surface area contributed by atoms with Crippen molar-refractivity contribution in [2.24, 2.45) is 5.92 Å². The molecule has 5 heteroatoms. The van der Waals surface area contributed by atoms with Crippen LogP contribution in [0.4, 0.5) is 0 Å². The summed E-state index contributed by atoms with van der Waals surface area (Å²) < 4.78 is 5.44. The number of para-hydroxylation sites is 1. The lowest BCUT2D eigenvalue weighted by atomic mass is 10.0. The highest BCUT2D eigenvalue weighted by Gasteiger charge is 2.34. The van der Waals surface area contributed by atoms with Gasteiger partial charge in [-0.1, -0.05) is 18.2 Å². The molecule has 1 aromatic rings. The van der Waals surface area contributed by atoms with Crippen LogP contribution < -0.4 is 10.1 Å². The van der Waals surface area contributed by atoms with E-state index in [1.807, 2.05) is 18.2 Å². The lowest BCUT2D eigenvalue weighted by Crippen LogP contribution is -2.41. The Hall–Kier alpha value is -1.26. The smallest absolute Gasteiger partial charge is 0.227 e. The Kier molecular flexibility index (Phi) is 6.09. The molecule has 2 saturated heterocycles. The van der Waals surface area contributed by atoms with Crippen molar-refractivity contribution in [3.05, 3.63) is 29.8 Å². The highest BCUT2D eigenvalue weighted by Crippen LogP contribution is 2.27. The summed E-state index contributed by atoms with van der Waals surface area (Å²) in [7, 11) is 1.71. The van der Waals surface area contributed by atoms with Gasteiger partial charge in [-0.05, 0) is 43.9 Å². The lowest BCUT2D eigenvalue weighted by molar-refractivity contribution is -0.135. The Morgan fingerprint density at radius 1 is 1.36 bits per heavy atom. The van der Waals surface area contributed by atoms with E-state index in [1.54, 1.807) is 7.11 Å². The molecule has 2 atom stereocenters. The summed E-state index contributed by atoms with van der Waals surface area (Å²) in [5, 5.41) is 3.29. The van der Waals surface area contributed by atoms with Gasteiger partial charge in [0.1, 0.15) is 5.75 Å². The molecule has 0 saturated carbocycles. The van der Waals surface area contributed by atoms with Gasteiger partial charge in [0.2, 0.25) is 5.91 Å². The maximum absolute atomic E-state index is 12.7. The fraction of sp³-hybridized carbons (Fsp3) is 0.588. The maximum Gasteiger partial charge on any atom is 0.227 e. The van der Waals surface area contributed by atoms with Gasteiger partial charge in [0, 0.05) is 19.1 Å². The first-order valence-electron chi connectivity index (χ1n) is 7.92. The Labute approximate surface area is 138 Å². The van der Waals surface area contributed by atoms with Gasteiger partial charge in [-0.15, -0.1) is 12.4 Å². The summed E-state index contributed by atoms with van der Waals surface area (Å²) in [6.07, 6.45) is 4.10. The predicted octanol–water partition coefficient (Wildman–Crippen LogP) is 2.26. The first kappa shape index (κ1) is 17.1. The number of hydrogen-bond donors (Lipinski definition) is 1.